The maximum Gasteiger partial charge on any atom is 0.308 e. The molecule has 4 nitrogen and oxygen atoms in total. The van der Waals surface area contributed by atoms with Gasteiger partial charge in [0, 0.05) is 13.3 Å². The molecule has 0 aromatic heterocycles. The summed E-state index contributed by atoms with van der Waals surface area (Å²) in [6.45, 7) is 8.54. The lowest BCUT2D eigenvalue weighted by molar-refractivity contribution is -0.150. The maximum atomic E-state index is 12.3. The second kappa shape index (κ2) is 7.42. The molecule has 0 bridgehead atoms. The number of esters is 2. The third kappa shape index (κ3) is 3.25. The van der Waals surface area contributed by atoms with Gasteiger partial charge in [0.25, 0.3) is 0 Å². The van der Waals surface area contributed by atoms with Crippen LogP contribution in [-0.2, 0) is 19.1 Å². The van der Waals surface area contributed by atoms with Gasteiger partial charge in [-0.2, -0.15) is 0 Å². The van der Waals surface area contributed by atoms with Crippen molar-refractivity contribution in [3.8, 4) is 0 Å². The molecule has 4 rings (SSSR count). The third-order valence-corrected chi connectivity index (χ3v) is 9.64. The Kier molecular flexibility index (Phi) is 5.36. The van der Waals surface area contributed by atoms with Crippen LogP contribution in [0.2, 0.25) is 0 Å². The fourth-order valence-corrected chi connectivity index (χ4v) is 8.17. The molecular formula is C25H38O4. The first-order valence-electron chi connectivity index (χ1n) is 11.6. The summed E-state index contributed by atoms with van der Waals surface area (Å²) in [4.78, 5) is 23.7. The van der Waals surface area contributed by atoms with E-state index in [0.717, 1.165) is 43.9 Å². The monoisotopic (exact) mass is 402 g/mol. The molecule has 0 saturated heterocycles. The van der Waals surface area contributed by atoms with Crippen LogP contribution in [0.3, 0.4) is 0 Å². The number of fused-ring (bicyclic) bond motifs is 5. The first-order valence-corrected chi connectivity index (χ1v) is 11.6. The molecule has 29 heavy (non-hydrogen) atoms. The van der Waals surface area contributed by atoms with Gasteiger partial charge in [0.05, 0.1) is 13.0 Å². The summed E-state index contributed by atoms with van der Waals surface area (Å²) in [5, 5.41) is 0. The highest BCUT2D eigenvalue weighted by Gasteiger charge is 2.59. The predicted octanol–water partition coefficient (Wildman–Crippen LogP) is 5.31. The van der Waals surface area contributed by atoms with Gasteiger partial charge in [-0.25, -0.2) is 0 Å². The van der Waals surface area contributed by atoms with Crippen LogP contribution in [0, 0.1) is 40.4 Å². The molecule has 0 aliphatic heterocycles. The van der Waals surface area contributed by atoms with E-state index in [2.05, 4.69) is 26.8 Å². The average molecular weight is 403 g/mol. The molecular weight excluding hydrogens is 364 g/mol. The van der Waals surface area contributed by atoms with Crippen molar-refractivity contribution in [3.05, 3.63) is 11.6 Å². The molecule has 0 aromatic carbocycles. The van der Waals surface area contributed by atoms with E-state index in [4.69, 9.17) is 9.47 Å². The van der Waals surface area contributed by atoms with Crippen molar-refractivity contribution in [1.82, 2.24) is 0 Å². The van der Waals surface area contributed by atoms with Crippen molar-refractivity contribution in [2.24, 2.45) is 40.4 Å². The molecule has 0 amide bonds. The first-order chi connectivity index (χ1) is 13.7. The van der Waals surface area contributed by atoms with E-state index in [1.807, 2.05) is 0 Å². The zero-order valence-corrected chi connectivity index (χ0v) is 18.8. The van der Waals surface area contributed by atoms with Gasteiger partial charge in [-0.15, -0.1) is 0 Å². The van der Waals surface area contributed by atoms with Gasteiger partial charge < -0.3 is 9.47 Å². The Morgan fingerprint density at radius 3 is 2.55 bits per heavy atom. The number of hydrogen-bond donors (Lipinski definition) is 0. The molecule has 4 aliphatic rings. The fourth-order valence-electron chi connectivity index (χ4n) is 8.17. The SMILES string of the molecule is COC(=O)[C@H](C)[C@H]1CC[C@H]2[C@@H]3CC=C4C[C@@H](OC(C)=O)CC[C@]4(C)[C@H]3CC[C@]12C. The van der Waals surface area contributed by atoms with Crippen LogP contribution >= 0.6 is 0 Å². The second-order valence-electron chi connectivity index (χ2n) is 10.8. The molecule has 0 heterocycles. The van der Waals surface area contributed by atoms with Crippen molar-refractivity contribution < 1.29 is 19.1 Å². The molecule has 0 radical (unpaired) electrons. The minimum absolute atomic E-state index is 0.00370. The standard InChI is InChI=1S/C25H38O4/c1-15(23(27)28-5)20-8-9-21-19-7-6-17-14-18(29-16(2)26)10-12-24(17,3)22(19)11-13-25(20,21)4/h6,15,18-22H,7-14H2,1-5H3/t15-,18+,19+,20-,21+,22+,24+,25-/m1/s1. The maximum absolute atomic E-state index is 12.3. The lowest BCUT2D eigenvalue weighted by Crippen LogP contribution is -2.51. The van der Waals surface area contributed by atoms with Crippen molar-refractivity contribution >= 4 is 11.9 Å². The van der Waals surface area contributed by atoms with Gasteiger partial charge in [0.2, 0.25) is 0 Å². The predicted molar refractivity (Wildman–Crippen MR) is 112 cm³/mol. The number of carbonyl (C=O) groups excluding carboxylic acids is 2. The number of allylic oxidation sites excluding steroid dienone is 1. The smallest absolute Gasteiger partial charge is 0.308 e. The van der Waals surface area contributed by atoms with Crippen LogP contribution in [0.4, 0.5) is 0 Å². The van der Waals surface area contributed by atoms with Crippen molar-refractivity contribution in [1.29, 1.82) is 0 Å². The summed E-state index contributed by atoms with van der Waals surface area (Å²) < 4.78 is 10.7. The highest BCUT2D eigenvalue weighted by molar-refractivity contribution is 5.72. The molecule has 162 valence electrons. The lowest BCUT2D eigenvalue weighted by Gasteiger charge is -2.58. The first kappa shape index (κ1) is 20.9. The van der Waals surface area contributed by atoms with Crippen LogP contribution in [0.15, 0.2) is 11.6 Å². The Bertz CT molecular complexity index is 712. The minimum Gasteiger partial charge on any atom is -0.469 e. The molecule has 8 atom stereocenters. The van der Waals surface area contributed by atoms with Crippen LogP contribution < -0.4 is 0 Å². The minimum atomic E-state index is -0.155. The van der Waals surface area contributed by atoms with Crippen LogP contribution in [0.25, 0.3) is 0 Å². The van der Waals surface area contributed by atoms with E-state index >= 15 is 0 Å². The summed E-state index contributed by atoms with van der Waals surface area (Å²) in [5.74, 6) is 2.40. The van der Waals surface area contributed by atoms with Crippen LogP contribution in [-0.4, -0.2) is 25.2 Å². The largest absolute Gasteiger partial charge is 0.469 e. The zero-order valence-electron chi connectivity index (χ0n) is 18.8. The number of ether oxygens (including phenoxy) is 2. The molecule has 0 unspecified atom stereocenters. The van der Waals surface area contributed by atoms with Gasteiger partial charge in [-0.05, 0) is 79.4 Å². The van der Waals surface area contributed by atoms with E-state index in [9.17, 15) is 9.59 Å². The number of rotatable bonds is 3. The van der Waals surface area contributed by atoms with Gasteiger partial charge >= 0.3 is 11.9 Å². The molecule has 0 aromatic rings. The molecule has 0 N–H and O–H groups in total. The van der Waals surface area contributed by atoms with Crippen molar-refractivity contribution in [3.63, 3.8) is 0 Å². The van der Waals surface area contributed by atoms with E-state index in [1.54, 1.807) is 0 Å². The molecule has 3 fully saturated rings. The highest BCUT2D eigenvalue weighted by atomic mass is 16.5. The second-order valence-corrected chi connectivity index (χ2v) is 10.8. The summed E-state index contributed by atoms with van der Waals surface area (Å²) in [6, 6.07) is 0. The van der Waals surface area contributed by atoms with Gasteiger partial charge in [0.15, 0.2) is 0 Å². The number of methoxy groups -OCH3 is 1. The Labute approximate surface area is 175 Å². The average Bonchev–Trinajstić information content (AvgIpc) is 3.03. The molecule has 4 aliphatic carbocycles. The molecule has 3 saturated carbocycles. The van der Waals surface area contributed by atoms with Crippen molar-refractivity contribution in [2.75, 3.05) is 7.11 Å². The highest BCUT2D eigenvalue weighted by Crippen LogP contribution is 2.67. The van der Waals surface area contributed by atoms with E-state index < -0.39 is 0 Å². The fraction of sp³-hybridized carbons (Fsp3) is 0.840. The van der Waals surface area contributed by atoms with E-state index in [1.165, 1.54) is 38.9 Å². The molecule has 0 spiro atoms. The summed E-state index contributed by atoms with van der Waals surface area (Å²) in [5.41, 5.74) is 2.05. The summed E-state index contributed by atoms with van der Waals surface area (Å²) in [6.07, 6.45) is 11.6. The van der Waals surface area contributed by atoms with Crippen molar-refractivity contribution in [2.45, 2.75) is 85.2 Å². The Balaban J connectivity index is 1.56. The lowest BCUT2D eigenvalue weighted by atomic mass is 9.47. The number of carbonyl (C=O) groups is 2. The molecule has 4 heteroatoms. The third-order valence-electron chi connectivity index (χ3n) is 9.64. The van der Waals surface area contributed by atoms with E-state index in [-0.39, 0.29) is 34.8 Å². The zero-order chi connectivity index (χ0) is 21.0. The van der Waals surface area contributed by atoms with Gasteiger partial charge in [0.1, 0.15) is 6.10 Å². The Hall–Kier alpha value is -1.32. The summed E-state index contributed by atoms with van der Waals surface area (Å²) >= 11 is 0. The number of hydrogen-bond acceptors (Lipinski definition) is 4. The topological polar surface area (TPSA) is 52.6 Å². The summed E-state index contributed by atoms with van der Waals surface area (Å²) in [7, 11) is 1.52. The quantitative estimate of drug-likeness (QED) is 0.474. The Morgan fingerprint density at radius 2 is 1.86 bits per heavy atom. The van der Waals surface area contributed by atoms with Gasteiger partial charge in [-0.1, -0.05) is 32.4 Å². The van der Waals surface area contributed by atoms with Crippen LogP contribution in [0.5, 0.6) is 0 Å². The Morgan fingerprint density at radius 1 is 1.10 bits per heavy atom. The van der Waals surface area contributed by atoms with E-state index in [0.29, 0.717) is 11.8 Å². The van der Waals surface area contributed by atoms with Crippen LogP contribution in [0.1, 0.15) is 79.1 Å². The normalized spacial score (nSPS) is 44.6. The van der Waals surface area contributed by atoms with Gasteiger partial charge in [-0.3, -0.25) is 9.59 Å².